The fraction of sp³-hybridized carbons (Fsp3) is 0.863. The van der Waals surface area contributed by atoms with Crippen LogP contribution in [0.2, 0.25) is 0 Å². The third kappa shape index (κ3) is 46.9. The predicted molar refractivity (Wildman–Crippen MR) is 242 cm³/mol. The number of esters is 1. The second-order valence-electron chi connectivity index (χ2n) is 16.5. The predicted octanol–water partition coefficient (Wildman–Crippen LogP) is 16.4. The first kappa shape index (κ1) is 53.6. The molecule has 0 aromatic rings. The molecule has 0 amide bonds. The van der Waals surface area contributed by atoms with Crippen molar-refractivity contribution in [2.24, 2.45) is 0 Å². The Labute approximate surface area is 344 Å². The molecule has 1 unspecified atom stereocenters. The van der Waals surface area contributed by atoms with Crippen LogP contribution in [0.1, 0.15) is 258 Å². The normalized spacial score (nSPS) is 12.6. The molecule has 55 heavy (non-hydrogen) atoms. The van der Waals surface area contributed by atoms with Gasteiger partial charge in [-0.15, -0.1) is 0 Å². The first-order valence-electron chi connectivity index (χ1n) is 24.6. The molecule has 0 aliphatic carbocycles. The van der Waals surface area contributed by atoms with Gasteiger partial charge >= 0.3 is 5.97 Å². The molecule has 0 aliphatic heterocycles. The van der Waals surface area contributed by atoms with E-state index in [2.05, 4.69) is 50.3 Å². The van der Waals surface area contributed by atoms with Crippen molar-refractivity contribution in [2.75, 3.05) is 19.8 Å². The maximum atomic E-state index is 12.3. The van der Waals surface area contributed by atoms with E-state index < -0.39 is 6.10 Å². The van der Waals surface area contributed by atoms with E-state index in [-0.39, 0.29) is 12.6 Å². The number of rotatable bonds is 46. The van der Waals surface area contributed by atoms with E-state index in [1.807, 2.05) is 0 Å². The highest BCUT2D eigenvalue weighted by molar-refractivity contribution is 5.69. The second-order valence-corrected chi connectivity index (χ2v) is 16.5. The third-order valence-corrected chi connectivity index (χ3v) is 11.0. The number of aliphatic hydroxyl groups is 1. The van der Waals surface area contributed by atoms with Gasteiger partial charge in [-0.2, -0.15) is 0 Å². The second kappa shape index (κ2) is 48.8. The van der Waals surface area contributed by atoms with Crippen molar-refractivity contribution in [1.82, 2.24) is 0 Å². The van der Waals surface area contributed by atoms with Gasteiger partial charge in [-0.3, -0.25) is 4.79 Å². The molecular weight excluding hydrogens is 677 g/mol. The van der Waals surface area contributed by atoms with Gasteiger partial charge in [-0.05, 0) is 51.4 Å². The molecule has 0 aromatic heterocycles. The summed E-state index contributed by atoms with van der Waals surface area (Å²) < 4.78 is 11.2. The maximum Gasteiger partial charge on any atom is 0.306 e. The summed E-state index contributed by atoms with van der Waals surface area (Å²) in [4.78, 5) is 12.3. The summed E-state index contributed by atoms with van der Waals surface area (Å²) in [6, 6.07) is 0. The van der Waals surface area contributed by atoms with Crippen molar-refractivity contribution in [1.29, 1.82) is 0 Å². The van der Waals surface area contributed by atoms with Gasteiger partial charge in [0.1, 0.15) is 6.10 Å². The average Bonchev–Trinajstić information content (AvgIpc) is 3.19. The molecule has 0 saturated heterocycles. The molecule has 4 heteroatoms. The Morgan fingerprint density at radius 3 is 1.15 bits per heavy atom. The van der Waals surface area contributed by atoms with Gasteiger partial charge in [0.25, 0.3) is 0 Å². The van der Waals surface area contributed by atoms with Crippen LogP contribution in [0.5, 0.6) is 0 Å². The van der Waals surface area contributed by atoms with Crippen LogP contribution in [0.4, 0.5) is 0 Å². The van der Waals surface area contributed by atoms with Gasteiger partial charge in [0.2, 0.25) is 0 Å². The zero-order valence-corrected chi connectivity index (χ0v) is 37.2. The van der Waals surface area contributed by atoms with Crippen LogP contribution in [0, 0.1) is 0 Å². The number of aliphatic hydroxyl groups excluding tert-OH is 1. The molecule has 0 spiro atoms. The Morgan fingerprint density at radius 2 is 0.764 bits per heavy atom. The number of allylic oxidation sites excluding steroid dienone is 6. The molecule has 324 valence electrons. The lowest BCUT2D eigenvalue weighted by Crippen LogP contribution is -2.27. The van der Waals surface area contributed by atoms with Gasteiger partial charge in [0, 0.05) is 13.0 Å². The molecule has 1 atom stereocenters. The molecule has 4 nitrogen and oxygen atoms in total. The number of unbranched alkanes of at least 4 members (excludes halogenated alkanes) is 32. The van der Waals surface area contributed by atoms with E-state index in [1.165, 1.54) is 205 Å². The quantitative estimate of drug-likeness (QED) is 0.0380. The van der Waals surface area contributed by atoms with E-state index in [9.17, 15) is 9.90 Å². The molecule has 0 bridgehead atoms. The van der Waals surface area contributed by atoms with Gasteiger partial charge in [-0.25, -0.2) is 0 Å². The summed E-state index contributed by atoms with van der Waals surface area (Å²) >= 11 is 0. The minimum atomic E-state index is -0.538. The smallest absolute Gasteiger partial charge is 0.306 e. The van der Waals surface area contributed by atoms with Crippen LogP contribution >= 0.6 is 0 Å². The van der Waals surface area contributed by atoms with Crippen LogP contribution in [-0.4, -0.2) is 37.0 Å². The van der Waals surface area contributed by atoms with E-state index in [0.717, 1.165) is 32.1 Å². The number of carbonyl (C=O) groups excluding carboxylic acids is 1. The summed E-state index contributed by atoms with van der Waals surface area (Å²) in [6.45, 7) is 5.35. The highest BCUT2D eigenvalue weighted by Gasteiger charge is 2.13. The SMILES string of the molecule is CCCCCCC/C=C\C/C=C\C/C=C\CCCCCCCCCOCC(CO)OC(=O)CCCCCCCCCCCCCCCCCCCCCCC. The molecule has 1 N–H and O–H groups in total. The molecular formula is C51H96O4. The minimum absolute atomic E-state index is 0.173. The molecule has 0 aliphatic rings. The van der Waals surface area contributed by atoms with Gasteiger partial charge < -0.3 is 14.6 Å². The molecule has 0 heterocycles. The number of hydrogen-bond donors (Lipinski definition) is 1. The van der Waals surface area contributed by atoms with E-state index in [0.29, 0.717) is 19.6 Å². The van der Waals surface area contributed by atoms with E-state index in [4.69, 9.17) is 9.47 Å². The summed E-state index contributed by atoms with van der Waals surface area (Å²) in [5, 5.41) is 9.64. The monoisotopic (exact) mass is 773 g/mol. The zero-order valence-electron chi connectivity index (χ0n) is 37.2. The first-order valence-corrected chi connectivity index (χ1v) is 24.6. The van der Waals surface area contributed by atoms with Crippen molar-refractivity contribution >= 4 is 5.97 Å². The largest absolute Gasteiger partial charge is 0.457 e. The highest BCUT2D eigenvalue weighted by Crippen LogP contribution is 2.16. The van der Waals surface area contributed by atoms with Crippen LogP contribution in [0.25, 0.3) is 0 Å². The fourth-order valence-electron chi connectivity index (χ4n) is 7.28. The highest BCUT2D eigenvalue weighted by atomic mass is 16.6. The lowest BCUT2D eigenvalue weighted by Gasteiger charge is -2.16. The zero-order chi connectivity index (χ0) is 39.8. The number of hydrogen-bond acceptors (Lipinski definition) is 4. The Kier molecular flexibility index (Phi) is 47.5. The Hall–Kier alpha value is -1.39. The number of carbonyl (C=O) groups is 1. The Bertz CT molecular complexity index is 818. The lowest BCUT2D eigenvalue weighted by atomic mass is 10.0. The number of ether oxygens (including phenoxy) is 2. The van der Waals surface area contributed by atoms with Crippen LogP contribution < -0.4 is 0 Å². The van der Waals surface area contributed by atoms with Crippen LogP contribution in [-0.2, 0) is 14.3 Å². The van der Waals surface area contributed by atoms with E-state index >= 15 is 0 Å². The molecule has 0 rings (SSSR count). The summed E-state index contributed by atoms with van der Waals surface area (Å²) in [5.74, 6) is -0.199. The van der Waals surface area contributed by atoms with Crippen LogP contribution in [0.3, 0.4) is 0 Å². The first-order chi connectivity index (χ1) is 27.2. The third-order valence-electron chi connectivity index (χ3n) is 11.0. The molecule has 0 aromatic carbocycles. The van der Waals surface area contributed by atoms with Gasteiger partial charge in [0.05, 0.1) is 13.2 Å². The lowest BCUT2D eigenvalue weighted by molar-refractivity contribution is -0.154. The average molecular weight is 773 g/mol. The van der Waals surface area contributed by atoms with Crippen molar-refractivity contribution in [3.8, 4) is 0 Å². The fourth-order valence-corrected chi connectivity index (χ4v) is 7.28. The standard InChI is InChI=1S/C51H96O4/c1-3-5-7-9-11-13-15-17-19-21-23-25-27-29-31-33-35-37-39-41-43-45-47-54-49-50(48-52)55-51(53)46-44-42-40-38-36-34-32-30-28-26-24-22-20-18-16-14-12-10-8-6-4-2/h15,17,21,23,27,29,50,52H,3-14,16,18-20,22,24-26,28,30-49H2,1-2H3/b17-15-,23-21-,29-27-. The molecule has 0 saturated carbocycles. The summed E-state index contributed by atoms with van der Waals surface area (Å²) in [5.41, 5.74) is 0. The summed E-state index contributed by atoms with van der Waals surface area (Å²) in [6.07, 6.45) is 62.3. The van der Waals surface area contributed by atoms with Gasteiger partial charge in [-0.1, -0.05) is 237 Å². The van der Waals surface area contributed by atoms with Crippen molar-refractivity contribution in [2.45, 2.75) is 264 Å². The van der Waals surface area contributed by atoms with Crippen molar-refractivity contribution in [3.05, 3.63) is 36.5 Å². The van der Waals surface area contributed by atoms with Crippen LogP contribution in [0.15, 0.2) is 36.5 Å². The van der Waals surface area contributed by atoms with E-state index in [1.54, 1.807) is 0 Å². The Morgan fingerprint density at radius 1 is 0.436 bits per heavy atom. The maximum absolute atomic E-state index is 12.3. The topological polar surface area (TPSA) is 55.8 Å². The minimum Gasteiger partial charge on any atom is -0.457 e. The summed E-state index contributed by atoms with van der Waals surface area (Å²) in [7, 11) is 0. The van der Waals surface area contributed by atoms with Gasteiger partial charge in [0.15, 0.2) is 0 Å². The van der Waals surface area contributed by atoms with Crippen molar-refractivity contribution in [3.63, 3.8) is 0 Å². The molecule has 0 fully saturated rings. The van der Waals surface area contributed by atoms with Crippen molar-refractivity contribution < 1.29 is 19.4 Å². The molecule has 0 radical (unpaired) electrons. The Balaban J connectivity index is 3.41.